The fraction of sp³-hybridized carbons (Fsp3) is 0.105. The Bertz CT molecular complexity index is 1180. The summed E-state index contributed by atoms with van der Waals surface area (Å²) in [5.74, 6) is -1.81. The maximum absolute atomic E-state index is 13.0. The number of esters is 1. The number of rotatable bonds is 7. The number of sulfonamides is 1. The van der Waals surface area contributed by atoms with Gasteiger partial charge in [0.2, 0.25) is 10.0 Å². The van der Waals surface area contributed by atoms with Crippen molar-refractivity contribution < 1.29 is 27.1 Å². The third-order valence-corrected chi connectivity index (χ3v) is 6.04. The number of nitrogens with one attached hydrogen (secondary N) is 2. The van der Waals surface area contributed by atoms with Crippen LogP contribution < -0.4 is 10.0 Å². The minimum atomic E-state index is -3.71. The van der Waals surface area contributed by atoms with Gasteiger partial charge in [0.05, 0.1) is 16.2 Å². The number of carbonyl (C=O) groups is 2. The lowest BCUT2D eigenvalue weighted by molar-refractivity contribution is -0.119. The van der Waals surface area contributed by atoms with E-state index in [1.165, 1.54) is 37.4 Å². The highest BCUT2D eigenvalue weighted by Crippen LogP contribution is 2.25. The number of thiazole rings is 1. The van der Waals surface area contributed by atoms with Crippen LogP contribution in [0.1, 0.15) is 10.4 Å². The molecule has 0 unspecified atom stereocenters. The van der Waals surface area contributed by atoms with E-state index >= 15 is 0 Å². The first-order valence-corrected chi connectivity index (χ1v) is 10.9. The molecular weight excluding hydrogens is 433 g/mol. The fourth-order valence-electron chi connectivity index (χ4n) is 2.36. The quantitative estimate of drug-likeness (QED) is 0.536. The minimum absolute atomic E-state index is 0.00744. The predicted molar refractivity (Wildman–Crippen MR) is 109 cm³/mol. The molecule has 3 rings (SSSR count). The van der Waals surface area contributed by atoms with E-state index in [0.29, 0.717) is 11.3 Å². The first-order chi connectivity index (χ1) is 14.3. The van der Waals surface area contributed by atoms with Gasteiger partial charge in [-0.05, 0) is 49.5 Å². The number of carbonyl (C=O) groups excluding carboxylic acids is 2. The van der Waals surface area contributed by atoms with Crippen molar-refractivity contribution in [2.45, 2.75) is 4.90 Å². The molecule has 0 aliphatic rings. The second kappa shape index (κ2) is 9.11. The van der Waals surface area contributed by atoms with E-state index in [2.05, 4.69) is 15.0 Å². The molecule has 1 aromatic heterocycles. The lowest BCUT2D eigenvalue weighted by atomic mass is 10.2. The predicted octanol–water partition coefficient (Wildman–Crippen LogP) is 2.65. The second-order valence-electron chi connectivity index (χ2n) is 5.90. The van der Waals surface area contributed by atoms with Gasteiger partial charge in [-0.2, -0.15) is 0 Å². The van der Waals surface area contributed by atoms with Gasteiger partial charge in [-0.15, -0.1) is 11.3 Å². The van der Waals surface area contributed by atoms with E-state index in [9.17, 15) is 22.4 Å². The summed E-state index contributed by atoms with van der Waals surface area (Å²) in [5.41, 5.74) is 1.25. The van der Waals surface area contributed by atoms with Crippen LogP contribution in [0.2, 0.25) is 0 Å². The highest BCUT2D eigenvalue weighted by Gasteiger charge is 2.16. The van der Waals surface area contributed by atoms with Crippen molar-refractivity contribution in [2.75, 3.05) is 19.0 Å². The molecule has 30 heavy (non-hydrogen) atoms. The lowest BCUT2D eigenvalue weighted by Gasteiger charge is -2.07. The van der Waals surface area contributed by atoms with Crippen LogP contribution in [0.4, 0.5) is 9.52 Å². The molecule has 2 aromatic carbocycles. The van der Waals surface area contributed by atoms with Crippen LogP contribution >= 0.6 is 11.3 Å². The molecule has 0 aliphatic heterocycles. The van der Waals surface area contributed by atoms with E-state index in [0.717, 1.165) is 17.4 Å². The standard InChI is InChI=1S/C19H16FN3O5S2/c1-21-30(26,27)15-4-2-3-13(9-15)18(25)28-10-17(24)23-19-22-16(11-29-19)12-5-7-14(20)8-6-12/h2-9,11,21H,10H2,1H3,(H,22,23,24). The van der Waals surface area contributed by atoms with Gasteiger partial charge < -0.3 is 4.74 Å². The largest absolute Gasteiger partial charge is 0.452 e. The Hall–Kier alpha value is -3.15. The molecule has 2 N–H and O–H groups in total. The highest BCUT2D eigenvalue weighted by molar-refractivity contribution is 7.89. The number of anilines is 1. The van der Waals surface area contributed by atoms with Gasteiger partial charge in [-0.25, -0.2) is 27.3 Å². The molecule has 3 aromatic rings. The van der Waals surface area contributed by atoms with Crippen molar-refractivity contribution in [3.8, 4) is 11.3 Å². The van der Waals surface area contributed by atoms with Crippen molar-refractivity contribution in [3.63, 3.8) is 0 Å². The van der Waals surface area contributed by atoms with Crippen LogP contribution in [0.25, 0.3) is 11.3 Å². The number of nitrogens with zero attached hydrogens (tertiary/aromatic N) is 1. The molecule has 0 bridgehead atoms. The molecule has 0 fully saturated rings. The summed E-state index contributed by atoms with van der Waals surface area (Å²) in [6, 6.07) is 11.0. The third-order valence-electron chi connectivity index (χ3n) is 3.87. The zero-order valence-electron chi connectivity index (χ0n) is 15.6. The van der Waals surface area contributed by atoms with Crippen LogP contribution in [0.3, 0.4) is 0 Å². The van der Waals surface area contributed by atoms with Gasteiger partial charge in [0, 0.05) is 10.9 Å². The smallest absolute Gasteiger partial charge is 0.338 e. The third kappa shape index (κ3) is 5.26. The van der Waals surface area contributed by atoms with Crippen molar-refractivity contribution in [1.29, 1.82) is 0 Å². The van der Waals surface area contributed by atoms with Crippen LogP contribution in [0.15, 0.2) is 58.8 Å². The van der Waals surface area contributed by atoms with Crippen molar-refractivity contribution in [2.24, 2.45) is 0 Å². The maximum atomic E-state index is 13.0. The molecular formula is C19H16FN3O5S2. The molecule has 0 aliphatic carbocycles. The van der Waals surface area contributed by atoms with Crippen molar-refractivity contribution >= 4 is 38.4 Å². The minimum Gasteiger partial charge on any atom is -0.452 e. The number of hydrogen-bond donors (Lipinski definition) is 2. The molecule has 0 saturated carbocycles. The Balaban J connectivity index is 1.58. The summed E-state index contributed by atoms with van der Waals surface area (Å²) >= 11 is 1.16. The zero-order chi connectivity index (χ0) is 21.7. The maximum Gasteiger partial charge on any atom is 0.338 e. The van der Waals surface area contributed by atoms with E-state index in [1.807, 2.05) is 0 Å². The average molecular weight is 449 g/mol. The molecule has 0 saturated heterocycles. The average Bonchev–Trinajstić information content (AvgIpc) is 3.21. The Labute approximate surface area is 175 Å². The summed E-state index contributed by atoms with van der Waals surface area (Å²) in [7, 11) is -2.46. The summed E-state index contributed by atoms with van der Waals surface area (Å²) in [5, 5.41) is 4.49. The molecule has 0 spiro atoms. The summed E-state index contributed by atoms with van der Waals surface area (Å²) in [6.45, 7) is -0.576. The van der Waals surface area contributed by atoms with Crippen LogP contribution in [-0.4, -0.2) is 38.9 Å². The van der Waals surface area contributed by atoms with Gasteiger partial charge in [-0.3, -0.25) is 10.1 Å². The van der Waals surface area contributed by atoms with Gasteiger partial charge >= 0.3 is 5.97 Å². The lowest BCUT2D eigenvalue weighted by Crippen LogP contribution is -2.21. The molecule has 156 valence electrons. The number of amides is 1. The second-order valence-corrected chi connectivity index (χ2v) is 8.65. The van der Waals surface area contributed by atoms with Crippen molar-refractivity contribution in [3.05, 3.63) is 65.3 Å². The van der Waals surface area contributed by atoms with Gasteiger partial charge in [0.25, 0.3) is 5.91 Å². The van der Waals surface area contributed by atoms with E-state index in [4.69, 9.17) is 4.74 Å². The zero-order valence-corrected chi connectivity index (χ0v) is 17.2. The van der Waals surface area contributed by atoms with Gasteiger partial charge in [-0.1, -0.05) is 6.07 Å². The van der Waals surface area contributed by atoms with Gasteiger partial charge in [0.1, 0.15) is 5.82 Å². The molecule has 1 heterocycles. The van der Waals surface area contributed by atoms with E-state index in [1.54, 1.807) is 17.5 Å². The Kier molecular flexibility index (Phi) is 6.55. The Morgan fingerprint density at radius 1 is 1.17 bits per heavy atom. The number of hydrogen-bond acceptors (Lipinski definition) is 7. The normalized spacial score (nSPS) is 11.1. The Morgan fingerprint density at radius 2 is 1.90 bits per heavy atom. The number of ether oxygens (including phenoxy) is 1. The molecule has 11 heteroatoms. The highest BCUT2D eigenvalue weighted by atomic mass is 32.2. The summed E-state index contributed by atoms with van der Waals surface area (Å²) in [6.07, 6.45) is 0. The SMILES string of the molecule is CNS(=O)(=O)c1cccc(C(=O)OCC(=O)Nc2nc(-c3ccc(F)cc3)cs2)c1. The van der Waals surface area contributed by atoms with Crippen LogP contribution in [-0.2, 0) is 19.6 Å². The van der Waals surface area contributed by atoms with E-state index in [-0.39, 0.29) is 21.4 Å². The number of aromatic nitrogens is 1. The van der Waals surface area contributed by atoms with Crippen LogP contribution in [0.5, 0.6) is 0 Å². The first kappa shape index (κ1) is 21.6. The monoisotopic (exact) mass is 449 g/mol. The summed E-state index contributed by atoms with van der Waals surface area (Å²) < 4.78 is 43.7. The number of benzene rings is 2. The van der Waals surface area contributed by atoms with E-state index < -0.39 is 28.5 Å². The van der Waals surface area contributed by atoms with Crippen LogP contribution in [0, 0.1) is 5.82 Å². The Morgan fingerprint density at radius 3 is 2.60 bits per heavy atom. The topological polar surface area (TPSA) is 114 Å². The molecule has 0 atom stereocenters. The van der Waals surface area contributed by atoms with Crippen molar-refractivity contribution in [1.82, 2.24) is 9.71 Å². The molecule has 0 radical (unpaired) electrons. The number of halogens is 1. The molecule has 8 nitrogen and oxygen atoms in total. The molecule has 1 amide bonds. The first-order valence-electron chi connectivity index (χ1n) is 8.50. The van der Waals surface area contributed by atoms with Gasteiger partial charge in [0.15, 0.2) is 11.7 Å². The summed E-state index contributed by atoms with van der Waals surface area (Å²) in [4.78, 5) is 28.3. The fourth-order valence-corrected chi connectivity index (χ4v) is 3.87.